The van der Waals surface area contributed by atoms with Gasteiger partial charge in [-0.05, 0) is 28.8 Å². The molecule has 0 spiro atoms. The van der Waals surface area contributed by atoms with E-state index in [0.29, 0.717) is 18.8 Å². The Morgan fingerprint density at radius 2 is 1.84 bits per heavy atom. The van der Waals surface area contributed by atoms with E-state index >= 15 is 0 Å². The summed E-state index contributed by atoms with van der Waals surface area (Å²) < 4.78 is 5.39. The average molecular weight is 422 g/mol. The van der Waals surface area contributed by atoms with E-state index in [1.165, 1.54) is 5.56 Å². The zero-order valence-corrected chi connectivity index (χ0v) is 17.8. The Hall–Kier alpha value is -3.92. The smallest absolute Gasteiger partial charge is 0.189 e. The molecule has 158 valence electrons. The quantitative estimate of drug-likeness (QED) is 0.750. The lowest BCUT2D eigenvalue weighted by atomic mass is 9.54. The lowest BCUT2D eigenvalue weighted by Gasteiger charge is -2.47. The van der Waals surface area contributed by atoms with E-state index in [1.807, 2.05) is 48.5 Å². The molecule has 4 rings (SSSR count). The lowest BCUT2D eigenvalue weighted by Crippen LogP contribution is -2.52. The number of ether oxygens (including phenoxy) is 1. The first-order chi connectivity index (χ1) is 15.6. The molecular weight excluding hydrogens is 398 g/mol. The predicted molar refractivity (Wildman–Crippen MR) is 120 cm³/mol. The monoisotopic (exact) mass is 421 g/mol. The zero-order chi connectivity index (χ0) is 22.7. The van der Waals surface area contributed by atoms with Crippen molar-refractivity contribution in [3.05, 3.63) is 77.4 Å². The third-order valence-corrected chi connectivity index (χ3v) is 6.57. The van der Waals surface area contributed by atoms with E-state index in [0.717, 1.165) is 17.7 Å². The van der Waals surface area contributed by atoms with Gasteiger partial charge < -0.3 is 10.1 Å². The van der Waals surface area contributed by atoms with Crippen LogP contribution in [0.3, 0.4) is 0 Å². The van der Waals surface area contributed by atoms with Crippen molar-refractivity contribution < 1.29 is 4.74 Å². The summed E-state index contributed by atoms with van der Waals surface area (Å²) in [5.74, 6) is -1.05. The van der Waals surface area contributed by atoms with Gasteiger partial charge in [0, 0.05) is 31.5 Å². The van der Waals surface area contributed by atoms with Gasteiger partial charge >= 0.3 is 0 Å². The van der Waals surface area contributed by atoms with Gasteiger partial charge in [-0.1, -0.05) is 48.5 Å². The minimum atomic E-state index is -1.72. The van der Waals surface area contributed by atoms with Crippen molar-refractivity contribution in [3.63, 3.8) is 0 Å². The highest BCUT2D eigenvalue weighted by Gasteiger charge is 2.57. The van der Waals surface area contributed by atoms with Crippen LogP contribution in [0, 0.1) is 56.7 Å². The van der Waals surface area contributed by atoms with Crippen LogP contribution >= 0.6 is 0 Å². The zero-order valence-electron chi connectivity index (χ0n) is 17.8. The van der Waals surface area contributed by atoms with Crippen molar-refractivity contribution >= 4 is 5.71 Å². The number of nitrogens with zero attached hydrogens (tertiary/aromatic N) is 4. The van der Waals surface area contributed by atoms with E-state index in [9.17, 15) is 15.8 Å². The summed E-state index contributed by atoms with van der Waals surface area (Å²) in [6.45, 7) is 1.98. The number of hydrogen-bond donors (Lipinski definition) is 1. The number of methoxy groups -OCH3 is 1. The fraction of sp³-hybridized carbons (Fsp3) is 0.308. The SMILES string of the molecule is COc1cccc([C@@H]2[C@@H]3CN(Cc4ccccc4)CC=C3[C@H](C#N)C(=N)C2(C#N)C#N)c1. The fourth-order valence-electron chi connectivity index (χ4n) is 5.05. The third kappa shape index (κ3) is 3.44. The van der Waals surface area contributed by atoms with Gasteiger partial charge in [0.2, 0.25) is 0 Å². The molecule has 1 aliphatic carbocycles. The van der Waals surface area contributed by atoms with Gasteiger partial charge in [0.05, 0.1) is 31.0 Å². The van der Waals surface area contributed by atoms with Gasteiger partial charge in [0.25, 0.3) is 0 Å². The summed E-state index contributed by atoms with van der Waals surface area (Å²) in [5.41, 5.74) is 0.943. The molecule has 1 fully saturated rings. The summed E-state index contributed by atoms with van der Waals surface area (Å²) in [7, 11) is 1.57. The fourth-order valence-corrected chi connectivity index (χ4v) is 5.05. The minimum Gasteiger partial charge on any atom is -0.497 e. The summed E-state index contributed by atoms with van der Waals surface area (Å²) in [5, 5.41) is 39.0. The summed E-state index contributed by atoms with van der Waals surface area (Å²) in [6.07, 6.45) is 2.02. The molecule has 6 heteroatoms. The standard InChI is InChI=1S/C26H23N5O/c1-32-20-9-5-8-19(12-20)24-23-15-31(14-18-6-3-2-4-7-18)11-10-21(23)22(13-27)25(30)26(24,16-28)17-29/h2-10,12,22-24,30H,11,14-15H2,1H3/t22-,23+,24+/m0/s1. The normalized spacial score (nSPS) is 24.2. The van der Waals surface area contributed by atoms with Crippen LogP contribution in [0.1, 0.15) is 17.0 Å². The van der Waals surface area contributed by atoms with Crippen LogP contribution in [0.5, 0.6) is 5.75 Å². The van der Waals surface area contributed by atoms with E-state index in [-0.39, 0.29) is 11.6 Å². The molecule has 0 saturated heterocycles. The second-order valence-electron chi connectivity index (χ2n) is 8.25. The number of nitrogens with one attached hydrogen (secondary N) is 1. The Morgan fingerprint density at radius 3 is 2.50 bits per heavy atom. The minimum absolute atomic E-state index is 0.128. The molecule has 3 atom stereocenters. The van der Waals surface area contributed by atoms with Crippen LogP contribution < -0.4 is 4.74 Å². The van der Waals surface area contributed by atoms with Gasteiger partial charge in [-0.25, -0.2) is 0 Å². The molecule has 1 N–H and O–H groups in total. The predicted octanol–water partition coefficient (Wildman–Crippen LogP) is 4.04. The van der Waals surface area contributed by atoms with Gasteiger partial charge in [-0.15, -0.1) is 0 Å². The van der Waals surface area contributed by atoms with Crippen LogP contribution in [0.15, 0.2) is 66.2 Å². The Balaban J connectivity index is 1.82. The van der Waals surface area contributed by atoms with E-state index in [1.54, 1.807) is 7.11 Å². The molecule has 2 aliphatic rings. The highest BCUT2D eigenvalue weighted by molar-refractivity contribution is 6.00. The van der Waals surface area contributed by atoms with Gasteiger partial charge in [0.1, 0.15) is 11.7 Å². The van der Waals surface area contributed by atoms with Crippen molar-refractivity contribution in [3.8, 4) is 24.0 Å². The molecule has 2 aromatic rings. The Kier molecular flexibility index (Phi) is 5.78. The largest absolute Gasteiger partial charge is 0.497 e. The molecule has 1 saturated carbocycles. The third-order valence-electron chi connectivity index (χ3n) is 6.57. The Labute approximate surface area is 188 Å². The molecule has 2 aromatic carbocycles. The first-order valence-corrected chi connectivity index (χ1v) is 10.5. The molecule has 0 amide bonds. The first-order valence-electron chi connectivity index (χ1n) is 10.5. The number of rotatable bonds is 4. The topological polar surface area (TPSA) is 108 Å². The molecule has 1 heterocycles. The molecular formula is C26H23N5O. The Morgan fingerprint density at radius 1 is 1.09 bits per heavy atom. The van der Waals surface area contributed by atoms with Crippen LogP contribution in [0.2, 0.25) is 0 Å². The summed E-state index contributed by atoms with van der Waals surface area (Å²) in [4.78, 5) is 2.26. The number of nitriles is 3. The highest BCUT2D eigenvalue weighted by Crippen LogP contribution is 2.53. The molecule has 0 aromatic heterocycles. The number of fused-ring (bicyclic) bond motifs is 1. The van der Waals surface area contributed by atoms with Crippen LogP contribution in [-0.2, 0) is 6.54 Å². The van der Waals surface area contributed by atoms with Crippen LogP contribution in [0.25, 0.3) is 0 Å². The lowest BCUT2D eigenvalue weighted by molar-refractivity contribution is 0.198. The number of benzene rings is 2. The van der Waals surface area contributed by atoms with Gasteiger partial charge in [0.15, 0.2) is 5.41 Å². The van der Waals surface area contributed by atoms with Crippen molar-refractivity contribution in [1.82, 2.24) is 4.90 Å². The van der Waals surface area contributed by atoms with E-state index in [2.05, 4.69) is 35.2 Å². The average Bonchev–Trinajstić information content (AvgIpc) is 2.84. The van der Waals surface area contributed by atoms with Crippen molar-refractivity contribution in [2.75, 3.05) is 20.2 Å². The Bertz CT molecular complexity index is 1170. The molecule has 0 radical (unpaired) electrons. The van der Waals surface area contributed by atoms with Gasteiger partial charge in [-0.3, -0.25) is 4.90 Å². The number of hydrogen-bond acceptors (Lipinski definition) is 6. The highest BCUT2D eigenvalue weighted by atomic mass is 16.5. The van der Waals surface area contributed by atoms with Crippen LogP contribution in [-0.4, -0.2) is 30.8 Å². The molecule has 1 aliphatic heterocycles. The molecule has 0 bridgehead atoms. The van der Waals surface area contributed by atoms with Crippen molar-refractivity contribution in [1.29, 1.82) is 21.2 Å². The van der Waals surface area contributed by atoms with Gasteiger partial charge in [-0.2, -0.15) is 15.8 Å². The summed E-state index contributed by atoms with van der Waals surface area (Å²) >= 11 is 0. The first kappa shape index (κ1) is 21.3. The summed E-state index contributed by atoms with van der Waals surface area (Å²) in [6, 6.07) is 24.0. The molecule has 6 nitrogen and oxygen atoms in total. The van der Waals surface area contributed by atoms with E-state index < -0.39 is 17.3 Å². The maximum Gasteiger partial charge on any atom is 0.189 e. The van der Waals surface area contributed by atoms with Crippen molar-refractivity contribution in [2.24, 2.45) is 17.3 Å². The van der Waals surface area contributed by atoms with Crippen LogP contribution in [0.4, 0.5) is 0 Å². The van der Waals surface area contributed by atoms with Crippen molar-refractivity contribution in [2.45, 2.75) is 12.5 Å². The molecule has 32 heavy (non-hydrogen) atoms. The molecule has 0 unspecified atom stereocenters. The maximum atomic E-state index is 10.2. The second kappa shape index (κ2) is 8.67. The van der Waals surface area contributed by atoms with E-state index in [4.69, 9.17) is 10.1 Å². The maximum absolute atomic E-state index is 10.2. The second-order valence-corrected chi connectivity index (χ2v) is 8.25.